The number of nitrogens with one attached hydrogen (secondary N) is 1. The lowest BCUT2D eigenvalue weighted by molar-refractivity contribution is 0.334. The summed E-state index contributed by atoms with van der Waals surface area (Å²) in [5.41, 5.74) is 1.74. The quantitative estimate of drug-likeness (QED) is 0.752. The summed E-state index contributed by atoms with van der Waals surface area (Å²) in [6.07, 6.45) is 0.639. The Balaban J connectivity index is 2.63. The van der Waals surface area contributed by atoms with E-state index in [4.69, 9.17) is 4.74 Å². The molecular formula is C14H24N2O3S. The maximum Gasteiger partial charge on any atom is 0.153 e. The molecule has 0 radical (unpaired) electrons. The molecule has 0 saturated carbocycles. The lowest BCUT2D eigenvalue weighted by Gasteiger charge is -2.12. The summed E-state index contributed by atoms with van der Waals surface area (Å²) in [6, 6.07) is 3.72. The molecule has 1 N–H and O–H groups in total. The highest BCUT2D eigenvalue weighted by molar-refractivity contribution is 7.91. The number of hydrogen-bond acceptors (Lipinski definition) is 5. The van der Waals surface area contributed by atoms with Crippen LogP contribution in [-0.4, -0.2) is 38.1 Å². The Hall–Kier alpha value is -1.14. The topological polar surface area (TPSA) is 68.3 Å². The Kier molecular flexibility index (Phi) is 6.95. The van der Waals surface area contributed by atoms with Gasteiger partial charge in [0.15, 0.2) is 9.84 Å². The number of aromatic nitrogens is 1. The average Bonchev–Trinajstić information content (AvgIpc) is 2.38. The van der Waals surface area contributed by atoms with Crippen LogP contribution in [-0.2, 0) is 16.4 Å². The van der Waals surface area contributed by atoms with Crippen molar-refractivity contribution < 1.29 is 13.2 Å². The van der Waals surface area contributed by atoms with Crippen molar-refractivity contribution in [3.8, 4) is 5.75 Å². The van der Waals surface area contributed by atoms with Gasteiger partial charge < -0.3 is 10.1 Å². The number of pyridine rings is 1. The normalized spacial score (nSPS) is 11.6. The van der Waals surface area contributed by atoms with E-state index in [1.807, 2.05) is 32.9 Å². The van der Waals surface area contributed by atoms with E-state index in [0.717, 1.165) is 17.9 Å². The van der Waals surface area contributed by atoms with E-state index in [-0.39, 0.29) is 18.1 Å². The van der Waals surface area contributed by atoms with Crippen molar-refractivity contribution in [2.75, 3.05) is 24.7 Å². The smallest absolute Gasteiger partial charge is 0.153 e. The fraction of sp³-hybridized carbons (Fsp3) is 0.643. The summed E-state index contributed by atoms with van der Waals surface area (Å²) >= 11 is 0. The third kappa shape index (κ3) is 5.88. The van der Waals surface area contributed by atoms with Crippen LogP contribution in [0.3, 0.4) is 0 Å². The zero-order chi connectivity index (χ0) is 15.0. The summed E-state index contributed by atoms with van der Waals surface area (Å²) < 4.78 is 28.8. The summed E-state index contributed by atoms with van der Waals surface area (Å²) in [5, 5.41) is 3.20. The number of ether oxygens (including phenoxy) is 1. The van der Waals surface area contributed by atoms with Crippen molar-refractivity contribution in [1.29, 1.82) is 0 Å². The Morgan fingerprint density at radius 1 is 1.25 bits per heavy atom. The fourth-order valence-electron chi connectivity index (χ4n) is 1.79. The minimum Gasteiger partial charge on any atom is -0.491 e. The number of aryl methyl sites for hydroxylation is 1. The highest BCUT2D eigenvalue weighted by atomic mass is 32.2. The molecule has 0 saturated heterocycles. The molecule has 0 amide bonds. The third-order valence-corrected chi connectivity index (χ3v) is 4.60. The summed E-state index contributed by atoms with van der Waals surface area (Å²) in [4.78, 5) is 4.43. The molecule has 0 aliphatic rings. The minimum absolute atomic E-state index is 0.0510. The first-order valence-electron chi connectivity index (χ1n) is 6.99. The Labute approximate surface area is 121 Å². The van der Waals surface area contributed by atoms with E-state index in [9.17, 15) is 8.42 Å². The van der Waals surface area contributed by atoms with Gasteiger partial charge in [-0.15, -0.1) is 0 Å². The molecule has 20 heavy (non-hydrogen) atoms. The second-order valence-corrected chi connectivity index (χ2v) is 6.98. The van der Waals surface area contributed by atoms with Crippen molar-refractivity contribution >= 4 is 9.84 Å². The van der Waals surface area contributed by atoms with Crippen LogP contribution in [0.1, 0.15) is 31.7 Å². The molecule has 1 rings (SSSR count). The van der Waals surface area contributed by atoms with Crippen LogP contribution in [0.15, 0.2) is 12.1 Å². The molecule has 0 spiro atoms. The van der Waals surface area contributed by atoms with Gasteiger partial charge in [0.1, 0.15) is 12.4 Å². The molecule has 1 aromatic rings. The minimum atomic E-state index is -3.00. The highest BCUT2D eigenvalue weighted by Crippen LogP contribution is 2.17. The lowest BCUT2D eigenvalue weighted by atomic mass is 10.3. The van der Waals surface area contributed by atoms with Crippen LogP contribution in [0.2, 0.25) is 0 Å². The fourth-order valence-corrected chi connectivity index (χ4v) is 2.95. The second-order valence-electron chi connectivity index (χ2n) is 4.68. The number of rotatable bonds is 9. The maximum absolute atomic E-state index is 11.6. The van der Waals surface area contributed by atoms with Crippen LogP contribution >= 0.6 is 0 Å². The van der Waals surface area contributed by atoms with Gasteiger partial charge >= 0.3 is 0 Å². The van der Waals surface area contributed by atoms with Crippen molar-refractivity contribution in [3.63, 3.8) is 0 Å². The average molecular weight is 300 g/mol. The molecular weight excluding hydrogens is 276 g/mol. The lowest BCUT2D eigenvalue weighted by Crippen LogP contribution is -2.19. The predicted molar refractivity (Wildman–Crippen MR) is 80.8 cm³/mol. The standard InChI is InChI=1S/C14H24N2O3S/c1-4-9-20(17,18)10-8-19-14-7-6-12(3)16-13(14)11-15-5-2/h6-7,15H,4-5,8-11H2,1-3H3. The monoisotopic (exact) mass is 300 g/mol. The Morgan fingerprint density at radius 3 is 2.65 bits per heavy atom. The van der Waals surface area contributed by atoms with E-state index in [1.165, 1.54) is 0 Å². The van der Waals surface area contributed by atoms with Gasteiger partial charge in [0, 0.05) is 12.2 Å². The van der Waals surface area contributed by atoms with Gasteiger partial charge in [-0.05, 0) is 32.0 Å². The molecule has 114 valence electrons. The van der Waals surface area contributed by atoms with Gasteiger partial charge in [-0.1, -0.05) is 13.8 Å². The van der Waals surface area contributed by atoms with Gasteiger partial charge in [-0.3, -0.25) is 4.98 Å². The van der Waals surface area contributed by atoms with Crippen LogP contribution < -0.4 is 10.1 Å². The molecule has 0 unspecified atom stereocenters. The highest BCUT2D eigenvalue weighted by Gasteiger charge is 2.11. The van der Waals surface area contributed by atoms with Crippen LogP contribution in [0.5, 0.6) is 5.75 Å². The molecule has 0 aliphatic heterocycles. The number of sulfone groups is 1. The summed E-state index contributed by atoms with van der Waals surface area (Å²) in [7, 11) is -3.00. The van der Waals surface area contributed by atoms with Crippen LogP contribution in [0, 0.1) is 6.92 Å². The zero-order valence-corrected chi connectivity index (χ0v) is 13.3. The van der Waals surface area contributed by atoms with Gasteiger partial charge in [0.05, 0.1) is 17.2 Å². The van der Waals surface area contributed by atoms with Crippen LogP contribution in [0.4, 0.5) is 0 Å². The predicted octanol–water partition coefficient (Wildman–Crippen LogP) is 1.70. The number of nitrogens with zero attached hydrogens (tertiary/aromatic N) is 1. The maximum atomic E-state index is 11.6. The van der Waals surface area contributed by atoms with E-state index < -0.39 is 9.84 Å². The summed E-state index contributed by atoms with van der Waals surface area (Å²) in [5.74, 6) is 0.922. The van der Waals surface area contributed by atoms with E-state index in [1.54, 1.807) is 0 Å². The van der Waals surface area contributed by atoms with E-state index in [0.29, 0.717) is 18.7 Å². The first kappa shape index (κ1) is 16.9. The molecule has 0 fully saturated rings. The molecule has 5 nitrogen and oxygen atoms in total. The molecule has 0 aliphatic carbocycles. The van der Waals surface area contributed by atoms with E-state index >= 15 is 0 Å². The van der Waals surface area contributed by atoms with Crippen LogP contribution in [0.25, 0.3) is 0 Å². The van der Waals surface area contributed by atoms with E-state index in [2.05, 4.69) is 10.3 Å². The molecule has 1 heterocycles. The van der Waals surface area contributed by atoms with Crippen molar-refractivity contribution in [3.05, 3.63) is 23.5 Å². The third-order valence-electron chi connectivity index (χ3n) is 2.78. The Bertz CT molecular complexity index is 515. The van der Waals surface area contributed by atoms with Crippen molar-refractivity contribution in [2.24, 2.45) is 0 Å². The van der Waals surface area contributed by atoms with Gasteiger partial charge in [-0.25, -0.2) is 8.42 Å². The molecule has 0 bridgehead atoms. The molecule has 1 aromatic heterocycles. The Morgan fingerprint density at radius 2 is 2.00 bits per heavy atom. The van der Waals surface area contributed by atoms with Crippen molar-refractivity contribution in [1.82, 2.24) is 10.3 Å². The number of hydrogen-bond donors (Lipinski definition) is 1. The molecule has 0 atom stereocenters. The van der Waals surface area contributed by atoms with Gasteiger partial charge in [-0.2, -0.15) is 0 Å². The molecule has 0 aromatic carbocycles. The van der Waals surface area contributed by atoms with Gasteiger partial charge in [0.2, 0.25) is 0 Å². The first-order chi connectivity index (χ1) is 9.48. The SMILES string of the molecule is CCCS(=O)(=O)CCOc1ccc(C)nc1CNCC. The second kappa shape index (κ2) is 8.21. The summed E-state index contributed by atoms with van der Waals surface area (Å²) in [6.45, 7) is 7.44. The first-order valence-corrected chi connectivity index (χ1v) is 8.81. The largest absolute Gasteiger partial charge is 0.491 e. The van der Waals surface area contributed by atoms with Gasteiger partial charge in [0.25, 0.3) is 0 Å². The van der Waals surface area contributed by atoms with Crippen molar-refractivity contribution in [2.45, 2.75) is 33.7 Å². The zero-order valence-electron chi connectivity index (χ0n) is 12.5. The molecule has 6 heteroatoms.